The molecule has 0 saturated carbocycles. The number of carbonyl (C=O) groups excluding carboxylic acids is 1. The zero-order valence-corrected chi connectivity index (χ0v) is 15.3. The van der Waals surface area contributed by atoms with Gasteiger partial charge in [0.1, 0.15) is 0 Å². The van der Waals surface area contributed by atoms with Crippen molar-refractivity contribution in [3.63, 3.8) is 0 Å². The van der Waals surface area contributed by atoms with Crippen molar-refractivity contribution in [2.24, 2.45) is 0 Å². The van der Waals surface area contributed by atoms with Crippen LogP contribution in [0.2, 0.25) is 0 Å². The van der Waals surface area contributed by atoms with Gasteiger partial charge in [0.15, 0.2) is 0 Å². The van der Waals surface area contributed by atoms with Gasteiger partial charge in [0.25, 0.3) is 5.91 Å². The van der Waals surface area contributed by atoms with Crippen molar-refractivity contribution < 1.29 is 4.79 Å². The molecule has 1 aromatic heterocycles. The Hall–Kier alpha value is -2.68. The molecule has 1 amide bonds. The molecule has 0 aliphatic heterocycles. The van der Waals surface area contributed by atoms with Gasteiger partial charge in [-0.25, -0.2) is 4.98 Å². The summed E-state index contributed by atoms with van der Waals surface area (Å²) in [6.45, 7) is 8.09. The van der Waals surface area contributed by atoms with Crippen LogP contribution in [-0.4, -0.2) is 16.4 Å². The van der Waals surface area contributed by atoms with Crippen LogP contribution < -0.4 is 5.32 Å². The number of benzene rings is 2. The fourth-order valence-corrected chi connectivity index (χ4v) is 2.83. The molecule has 0 aliphatic carbocycles. The Balaban J connectivity index is 2.13. The predicted molar refractivity (Wildman–Crippen MR) is 104 cm³/mol. The SMILES string of the molecule is CCc1ccc(-c2cc(C(=O)NC(C)(C)C)c3ccccc3n2)cc1. The summed E-state index contributed by atoms with van der Waals surface area (Å²) in [5.74, 6) is -0.0717. The first kappa shape index (κ1) is 17.2. The molecule has 2 aromatic carbocycles. The summed E-state index contributed by atoms with van der Waals surface area (Å²) in [4.78, 5) is 17.6. The Kier molecular flexibility index (Phi) is 4.58. The third kappa shape index (κ3) is 3.87. The topological polar surface area (TPSA) is 42.0 Å². The molecule has 0 fully saturated rings. The Labute approximate surface area is 149 Å². The molecule has 0 bridgehead atoms. The smallest absolute Gasteiger partial charge is 0.252 e. The molecule has 3 nitrogen and oxygen atoms in total. The average molecular weight is 332 g/mol. The van der Waals surface area contributed by atoms with Gasteiger partial charge in [-0.15, -0.1) is 0 Å². The lowest BCUT2D eigenvalue weighted by molar-refractivity contribution is 0.0921. The summed E-state index contributed by atoms with van der Waals surface area (Å²) in [7, 11) is 0. The standard InChI is InChI=1S/C22H24N2O/c1-5-15-10-12-16(13-11-15)20-14-18(21(25)24-22(2,3)4)17-8-6-7-9-19(17)23-20/h6-14H,5H2,1-4H3,(H,24,25). The van der Waals surface area contributed by atoms with Crippen molar-refractivity contribution in [3.05, 3.63) is 65.7 Å². The maximum Gasteiger partial charge on any atom is 0.252 e. The van der Waals surface area contributed by atoms with E-state index in [2.05, 4.69) is 36.5 Å². The Morgan fingerprint density at radius 2 is 1.72 bits per heavy atom. The molecule has 0 unspecified atom stereocenters. The van der Waals surface area contributed by atoms with Crippen molar-refractivity contribution in [3.8, 4) is 11.3 Å². The van der Waals surface area contributed by atoms with E-state index in [4.69, 9.17) is 4.98 Å². The predicted octanol–water partition coefficient (Wildman–Crippen LogP) is 4.99. The second-order valence-electron chi connectivity index (χ2n) is 7.33. The maximum atomic E-state index is 12.8. The second-order valence-corrected chi connectivity index (χ2v) is 7.33. The Morgan fingerprint density at radius 3 is 2.36 bits per heavy atom. The summed E-state index contributed by atoms with van der Waals surface area (Å²) < 4.78 is 0. The zero-order valence-electron chi connectivity index (χ0n) is 15.3. The van der Waals surface area contributed by atoms with Gasteiger partial charge in [0.2, 0.25) is 0 Å². The number of nitrogens with zero attached hydrogens (tertiary/aromatic N) is 1. The highest BCUT2D eigenvalue weighted by Crippen LogP contribution is 2.25. The van der Waals surface area contributed by atoms with E-state index >= 15 is 0 Å². The van der Waals surface area contributed by atoms with Crippen LogP contribution in [0, 0.1) is 0 Å². The number of carbonyl (C=O) groups is 1. The first-order chi connectivity index (χ1) is 11.9. The molecule has 3 rings (SSSR count). The van der Waals surface area contributed by atoms with Gasteiger partial charge >= 0.3 is 0 Å². The van der Waals surface area contributed by atoms with Crippen LogP contribution in [0.5, 0.6) is 0 Å². The molecule has 0 radical (unpaired) electrons. The van der Waals surface area contributed by atoms with Gasteiger partial charge in [0, 0.05) is 16.5 Å². The molecule has 128 valence electrons. The van der Waals surface area contributed by atoms with Crippen LogP contribution in [0.1, 0.15) is 43.6 Å². The highest BCUT2D eigenvalue weighted by Gasteiger charge is 2.19. The minimum atomic E-state index is -0.287. The molecular weight excluding hydrogens is 308 g/mol. The molecular formula is C22H24N2O. The van der Waals surface area contributed by atoms with Crippen LogP contribution in [-0.2, 0) is 6.42 Å². The quantitative estimate of drug-likeness (QED) is 0.734. The fraction of sp³-hybridized carbons (Fsp3) is 0.273. The van der Waals surface area contributed by atoms with Crippen LogP contribution in [0.4, 0.5) is 0 Å². The van der Waals surface area contributed by atoms with Gasteiger partial charge in [-0.3, -0.25) is 4.79 Å². The van der Waals surface area contributed by atoms with Crippen molar-refractivity contribution in [2.45, 2.75) is 39.7 Å². The van der Waals surface area contributed by atoms with E-state index in [1.54, 1.807) is 0 Å². The first-order valence-corrected chi connectivity index (χ1v) is 8.69. The number of hydrogen-bond donors (Lipinski definition) is 1. The van der Waals surface area contributed by atoms with Crippen molar-refractivity contribution >= 4 is 16.8 Å². The summed E-state index contributed by atoms with van der Waals surface area (Å²) >= 11 is 0. The largest absolute Gasteiger partial charge is 0.347 e. The molecule has 1 N–H and O–H groups in total. The Bertz CT molecular complexity index is 905. The number of nitrogens with one attached hydrogen (secondary N) is 1. The number of para-hydroxylation sites is 1. The third-order valence-corrected chi connectivity index (χ3v) is 4.11. The highest BCUT2D eigenvalue weighted by molar-refractivity contribution is 6.07. The summed E-state index contributed by atoms with van der Waals surface area (Å²) in [5.41, 5.74) is 4.34. The number of fused-ring (bicyclic) bond motifs is 1. The number of aryl methyl sites for hydroxylation is 1. The number of rotatable bonds is 3. The average Bonchev–Trinajstić information content (AvgIpc) is 2.59. The van der Waals surface area contributed by atoms with E-state index in [0.717, 1.165) is 28.6 Å². The lowest BCUT2D eigenvalue weighted by atomic mass is 10.0. The van der Waals surface area contributed by atoms with Crippen LogP contribution in [0.3, 0.4) is 0 Å². The van der Waals surface area contributed by atoms with E-state index in [1.807, 2.05) is 51.1 Å². The van der Waals surface area contributed by atoms with Gasteiger partial charge in [-0.1, -0.05) is 49.4 Å². The van der Waals surface area contributed by atoms with E-state index in [-0.39, 0.29) is 11.4 Å². The van der Waals surface area contributed by atoms with E-state index in [0.29, 0.717) is 5.56 Å². The van der Waals surface area contributed by atoms with Gasteiger partial charge in [-0.05, 0) is 44.9 Å². The molecule has 1 heterocycles. The number of pyridine rings is 1. The molecule has 25 heavy (non-hydrogen) atoms. The fourth-order valence-electron chi connectivity index (χ4n) is 2.83. The van der Waals surface area contributed by atoms with Gasteiger partial charge in [-0.2, -0.15) is 0 Å². The van der Waals surface area contributed by atoms with E-state index in [9.17, 15) is 4.79 Å². The number of amides is 1. The van der Waals surface area contributed by atoms with Crippen LogP contribution >= 0.6 is 0 Å². The molecule has 0 aliphatic rings. The lowest BCUT2D eigenvalue weighted by Crippen LogP contribution is -2.40. The third-order valence-electron chi connectivity index (χ3n) is 4.11. The molecule has 0 spiro atoms. The molecule has 3 heteroatoms. The maximum absolute atomic E-state index is 12.8. The second kappa shape index (κ2) is 6.67. The highest BCUT2D eigenvalue weighted by atomic mass is 16.1. The summed E-state index contributed by atoms with van der Waals surface area (Å²) in [6.07, 6.45) is 1.00. The summed E-state index contributed by atoms with van der Waals surface area (Å²) in [6, 6.07) is 18.0. The van der Waals surface area contributed by atoms with Gasteiger partial charge in [0.05, 0.1) is 16.8 Å². The first-order valence-electron chi connectivity index (χ1n) is 8.69. The molecule has 3 aromatic rings. The lowest BCUT2D eigenvalue weighted by Gasteiger charge is -2.21. The monoisotopic (exact) mass is 332 g/mol. The normalized spacial score (nSPS) is 11.5. The van der Waals surface area contributed by atoms with Gasteiger partial charge < -0.3 is 5.32 Å². The van der Waals surface area contributed by atoms with Crippen LogP contribution in [0.25, 0.3) is 22.2 Å². The van der Waals surface area contributed by atoms with Crippen molar-refractivity contribution in [1.29, 1.82) is 0 Å². The van der Waals surface area contributed by atoms with Crippen molar-refractivity contribution in [1.82, 2.24) is 10.3 Å². The zero-order chi connectivity index (χ0) is 18.0. The summed E-state index contributed by atoms with van der Waals surface area (Å²) in [5, 5.41) is 3.93. The Morgan fingerprint density at radius 1 is 1.04 bits per heavy atom. The van der Waals surface area contributed by atoms with E-state index < -0.39 is 0 Å². The minimum Gasteiger partial charge on any atom is -0.347 e. The molecule has 0 saturated heterocycles. The number of hydrogen-bond acceptors (Lipinski definition) is 2. The van der Waals surface area contributed by atoms with E-state index in [1.165, 1.54) is 5.56 Å². The van der Waals surface area contributed by atoms with Crippen molar-refractivity contribution in [2.75, 3.05) is 0 Å². The minimum absolute atomic E-state index is 0.0717. The van der Waals surface area contributed by atoms with Crippen LogP contribution in [0.15, 0.2) is 54.6 Å². The number of aromatic nitrogens is 1. The molecule has 0 atom stereocenters.